The van der Waals surface area contributed by atoms with Crippen LogP contribution in [0, 0.1) is 0 Å². The largest absolute Gasteiger partial charge is 0.465 e. The molecule has 6 nitrogen and oxygen atoms in total. The number of alkyl carbamates (subject to hydrolysis) is 1. The number of carboxylic acid groups (broad SMARTS) is 1. The van der Waals surface area contributed by atoms with E-state index in [1.807, 2.05) is 39.0 Å². The van der Waals surface area contributed by atoms with E-state index in [1.54, 1.807) is 7.05 Å². The van der Waals surface area contributed by atoms with Crippen LogP contribution >= 0.6 is 0 Å². The van der Waals surface area contributed by atoms with Gasteiger partial charge in [0.2, 0.25) is 0 Å². The van der Waals surface area contributed by atoms with Crippen molar-refractivity contribution in [2.45, 2.75) is 58.2 Å². The van der Waals surface area contributed by atoms with Crippen LogP contribution in [0.5, 0.6) is 0 Å². The van der Waals surface area contributed by atoms with E-state index in [0.717, 1.165) is 30.4 Å². The van der Waals surface area contributed by atoms with Gasteiger partial charge in [0.1, 0.15) is 5.60 Å². The number of carbonyl (C=O) groups excluding carboxylic acids is 1. The monoisotopic (exact) mass is 334 g/mol. The molecule has 1 aromatic carbocycles. The molecule has 0 aliphatic heterocycles. The number of carbonyl (C=O) groups is 2. The van der Waals surface area contributed by atoms with Crippen molar-refractivity contribution in [3.63, 3.8) is 0 Å². The minimum Gasteiger partial charge on any atom is -0.465 e. The molecule has 6 heteroatoms. The Hall–Kier alpha value is -2.24. The van der Waals surface area contributed by atoms with Gasteiger partial charge in [-0.25, -0.2) is 9.59 Å². The number of hydrogen-bond acceptors (Lipinski definition) is 3. The van der Waals surface area contributed by atoms with Crippen molar-refractivity contribution in [2.75, 3.05) is 7.05 Å². The Bertz CT molecular complexity index is 622. The van der Waals surface area contributed by atoms with Gasteiger partial charge >= 0.3 is 12.2 Å². The van der Waals surface area contributed by atoms with Crippen LogP contribution in [-0.4, -0.2) is 34.8 Å². The Balaban J connectivity index is 2.10. The number of nitrogens with one attached hydrogen (secondary N) is 1. The number of aryl methyl sites for hydroxylation is 1. The minimum atomic E-state index is -0.947. The van der Waals surface area contributed by atoms with E-state index in [0.29, 0.717) is 6.54 Å². The first-order valence-electron chi connectivity index (χ1n) is 8.21. The van der Waals surface area contributed by atoms with Crippen molar-refractivity contribution in [3.8, 4) is 0 Å². The average Bonchev–Trinajstić information content (AvgIpc) is 2.45. The SMILES string of the molecule is CN(Cc1ccc2c(c1)CCCC2NC(=O)OC(C)(C)C)C(=O)O. The standard InChI is InChI=1S/C18H26N2O4/c1-18(2,3)24-16(21)19-15-7-5-6-13-10-12(8-9-14(13)15)11-20(4)17(22)23/h8-10,15H,5-7,11H2,1-4H3,(H,19,21)(H,22,23). The zero-order valence-electron chi connectivity index (χ0n) is 14.8. The summed E-state index contributed by atoms with van der Waals surface area (Å²) in [7, 11) is 1.55. The normalized spacial score (nSPS) is 16.9. The highest BCUT2D eigenvalue weighted by Gasteiger charge is 2.25. The van der Waals surface area contributed by atoms with Gasteiger partial charge in [-0.3, -0.25) is 0 Å². The van der Waals surface area contributed by atoms with Crippen molar-refractivity contribution in [1.82, 2.24) is 10.2 Å². The molecule has 132 valence electrons. The van der Waals surface area contributed by atoms with E-state index in [-0.39, 0.29) is 6.04 Å². The van der Waals surface area contributed by atoms with E-state index >= 15 is 0 Å². The molecule has 1 aliphatic carbocycles. The molecule has 0 heterocycles. The highest BCUT2D eigenvalue weighted by Crippen LogP contribution is 2.31. The Labute approximate surface area is 142 Å². The molecular formula is C18H26N2O4. The van der Waals surface area contributed by atoms with E-state index in [2.05, 4.69) is 5.32 Å². The molecule has 0 spiro atoms. The van der Waals surface area contributed by atoms with E-state index in [9.17, 15) is 9.59 Å². The van der Waals surface area contributed by atoms with Crippen LogP contribution in [-0.2, 0) is 17.7 Å². The van der Waals surface area contributed by atoms with E-state index in [4.69, 9.17) is 9.84 Å². The van der Waals surface area contributed by atoms with Gasteiger partial charge in [0.25, 0.3) is 0 Å². The number of nitrogens with zero attached hydrogens (tertiary/aromatic N) is 1. The van der Waals surface area contributed by atoms with Gasteiger partial charge in [0.05, 0.1) is 6.04 Å². The molecule has 0 saturated heterocycles. The fraction of sp³-hybridized carbons (Fsp3) is 0.556. The number of fused-ring (bicyclic) bond motifs is 1. The first kappa shape index (κ1) is 18.1. The lowest BCUT2D eigenvalue weighted by Crippen LogP contribution is -2.36. The van der Waals surface area contributed by atoms with Crippen LogP contribution in [0.3, 0.4) is 0 Å². The molecule has 1 atom stereocenters. The van der Waals surface area contributed by atoms with Gasteiger partial charge in [0, 0.05) is 13.6 Å². The third kappa shape index (κ3) is 4.88. The number of ether oxygens (including phenoxy) is 1. The quantitative estimate of drug-likeness (QED) is 0.883. The lowest BCUT2D eigenvalue weighted by atomic mass is 9.86. The second-order valence-electron chi connectivity index (χ2n) is 7.26. The summed E-state index contributed by atoms with van der Waals surface area (Å²) in [6, 6.07) is 5.89. The highest BCUT2D eigenvalue weighted by molar-refractivity contribution is 5.68. The molecule has 2 rings (SSSR count). The summed E-state index contributed by atoms with van der Waals surface area (Å²) < 4.78 is 5.34. The molecule has 0 fully saturated rings. The number of amides is 2. The molecule has 0 radical (unpaired) electrons. The fourth-order valence-corrected chi connectivity index (χ4v) is 2.91. The van der Waals surface area contributed by atoms with Crippen LogP contribution in [0.2, 0.25) is 0 Å². The molecule has 1 aliphatic rings. The molecule has 2 N–H and O–H groups in total. The summed E-state index contributed by atoms with van der Waals surface area (Å²) in [5.74, 6) is 0. The summed E-state index contributed by atoms with van der Waals surface area (Å²) in [6.45, 7) is 5.87. The lowest BCUT2D eigenvalue weighted by Gasteiger charge is -2.28. The van der Waals surface area contributed by atoms with Crippen LogP contribution in [0.15, 0.2) is 18.2 Å². The van der Waals surface area contributed by atoms with Gasteiger partial charge in [-0.05, 0) is 56.7 Å². The van der Waals surface area contributed by atoms with Crippen LogP contribution in [0.1, 0.15) is 56.3 Å². The average molecular weight is 334 g/mol. The Morgan fingerprint density at radius 3 is 2.71 bits per heavy atom. The predicted octanol–water partition coefficient (Wildman–Crippen LogP) is 3.70. The van der Waals surface area contributed by atoms with E-state index < -0.39 is 17.8 Å². The zero-order chi connectivity index (χ0) is 17.9. The molecule has 2 amide bonds. The van der Waals surface area contributed by atoms with E-state index in [1.165, 1.54) is 10.5 Å². The summed E-state index contributed by atoms with van der Waals surface area (Å²) in [4.78, 5) is 24.2. The van der Waals surface area contributed by atoms with Crippen LogP contribution < -0.4 is 5.32 Å². The molecule has 0 aromatic heterocycles. The summed E-state index contributed by atoms with van der Waals surface area (Å²) in [5, 5.41) is 11.9. The first-order chi connectivity index (χ1) is 11.2. The minimum absolute atomic E-state index is 0.0603. The maximum Gasteiger partial charge on any atom is 0.408 e. The zero-order valence-corrected chi connectivity index (χ0v) is 14.8. The highest BCUT2D eigenvalue weighted by atomic mass is 16.6. The summed E-state index contributed by atoms with van der Waals surface area (Å²) in [5.41, 5.74) is 2.69. The van der Waals surface area contributed by atoms with Gasteiger partial charge in [-0.15, -0.1) is 0 Å². The Morgan fingerprint density at radius 1 is 1.38 bits per heavy atom. The molecule has 1 unspecified atom stereocenters. The summed E-state index contributed by atoms with van der Waals surface area (Å²) in [6.07, 6.45) is 1.44. The smallest absolute Gasteiger partial charge is 0.408 e. The Kier molecular flexibility index (Phi) is 5.36. The molecule has 1 aromatic rings. The maximum atomic E-state index is 12.0. The van der Waals surface area contributed by atoms with Gasteiger partial charge in [-0.1, -0.05) is 18.2 Å². The van der Waals surface area contributed by atoms with Crippen LogP contribution in [0.4, 0.5) is 9.59 Å². The second-order valence-corrected chi connectivity index (χ2v) is 7.26. The topological polar surface area (TPSA) is 78.9 Å². The van der Waals surface area contributed by atoms with Crippen molar-refractivity contribution in [3.05, 3.63) is 34.9 Å². The van der Waals surface area contributed by atoms with Crippen molar-refractivity contribution >= 4 is 12.2 Å². The summed E-state index contributed by atoms with van der Waals surface area (Å²) >= 11 is 0. The fourth-order valence-electron chi connectivity index (χ4n) is 2.91. The van der Waals surface area contributed by atoms with Crippen molar-refractivity contribution in [1.29, 1.82) is 0 Å². The van der Waals surface area contributed by atoms with Gasteiger partial charge in [0.15, 0.2) is 0 Å². The molecular weight excluding hydrogens is 308 g/mol. The lowest BCUT2D eigenvalue weighted by molar-refractivity contribution is 0.0498. The van der Waals surface area contributed by atoms with Gasteiger partial charge in [-0.2, -0.15) is 0 Å². The number of rotatable bonds is 3. The maximum absolute atomic E-state index is 12.0. The predicted molar refractivity (Wildman–Crippen MR) is 91.0 cm³/mol. The van der Waals surface area contributed by atoms with Crippen LogP contribution in [0.25, 0.3) is 0 Å². The molecule has 0 saturated carbocycles. The number of hydrogen-bond donors (Lipinski definition) is 2. The third-order valence-electron chi connectivity index (χ3n) is 3.96. The van der Waals surface area contributed by atoms with Crippen molar-refractivity contribution < 1.29 is 19.4 Å². The molecule has 24 heavy (non-hydrogen) atoms. The Morgan fingerprint density at radius 2 is 2.08 bits per heavy atom. The second kappa shape index (κ2) is 7.11. The van der Waals surface area contributed by atoms with Gasteiger partial charge < -0.3 is 20.1 Å². The molecule has 0 bridgehead atoms. The number of benzene rings is 1. The first-order valence-corrected chi connectivity index (χ1v) is 8.21. The van der Waals surface area contributed by atoms with Crippen molar-refractivity contribution in [2.24, 2.45) is 0 Å². The third-order valence-corrected chi connectivity index (χ3v) is 3.96.